The lowest BCUT2D eigenvalue weighted by atomic mass is 9.93. The summed E-state index contributed by atoms with van der Waals surface area (Å²) in [5.74, 6) is -1.43. The van der Waals surface area contributed by atoms with Crippen molar-refractivity contribution in [1.29, 1.82) is 0 Å². The summed E-state index contributed by atoms with van der Waals surface area (Å²) in [6.45, 7) is 5.83. The number of benzene rings is 2. The van der Waals surface area contributed by atoms with Crippen LogP contribution in [0, 0.1) is 5.92 Å². The zero-order valence-corrected chi connectivity index (χ0v) is 30.7. The largest absolute Gasteiger partial charge is 0.369 e. The number of amides is 5. The van der Waals surface area contributed by atoms with Crippen molar-refractivity contribution in [1.82, 2.24) is 34.6 Å². The zero-order valence-electron chi connectivity index (χ0n) is 30.7. The molecule has 0 spiro atoms. The third kappa shape index (κ3) is 6.31. The number of pyridine rings is 2. The van der Waals surface area contributed by atoms with Gasteiger partial charge in [0, 0.05) is 98.9 Å². The van der Waals surface area contributed by atoms with Gasteiger partial charge in [0.2, 0.25) is 11.8 Å². The van der Waals surface area contributed by atoms with Crippen molar-refractivity contribution in [2.75, 3.05) is 50.7 Å². The molecule has 7 heterocycles. The minimum Gasteiger partial charge on any atom is -0.369 e. The highest BCUT2D eigenvalue weighted by Crippen LogP contribution is 2.33. The number of likely N-dealkylation sites (tertiary alicyclic amines) is 1. The first-order valence-electron chi connectivity index (χ1n) is 19.1. The molecule has 1 unspecified atom stereocenters. The lowest BCUT2D eigenvalue weighted by Crippen LogP contribution is -2.54. The number of anilines is 1. The Morgan fingerprint density at radius 1 is 0.782 bits per heavy atom. The third-order valence-corrected chi connectivity index (χ3v) is 12.0. The molecule has 4 aliphatic heterocycles. The van der Waals surface area contributed by atoms with Crippen LogP contribution in [0.25, 0.3) is 32.9 Å². The first-order valence-corrected chi connectivity index (χ1v) is 19.1. The minimum absolute atomic E-state index is 0.0148. The molecule has 0 aliphatic carbocycles. The lowest BCUT2D eigenvalue weighted by molar-refractivity contribution is -0.136. The fourth-order valence-electron chi connectivity index (χ4n) is 8.76. The van der Waals surface area contributed by atoms with Crippen LogP contribution in [0.15, 0.2) is 73.2 Å². The Morgan fingerprint density at radius 3 is 2.33 bits per heavy atom. The standard InChI is InChI=1S/C42H42N8O5/c1-46-35-10-14-43-25-33(35)30-5-2-27(22-37(30)46)28-3-7-34(44-24-28)42(55)49-16-12-26(13-17-49)11-15-47-18-20-48(21-19-47)29-4-6-31-32(23-29)41(54)50(40(31)53)36-8-9-38(51)45-39(36)52/h2-7,10,14,22-26,36H,8-9,11-13,15-21H2,1H3,(H,45,51,52). The number of fused-ring (bicyclic) bond motifs is 4. The molecule has 13 heteroatoms. The normalized spacial score (nSPS) is 19.8. The summed E-state index contributed by atoms with van der Waals surface area (Å²) in [5, 5.41) is 4.53. The van der Waals surface area contributed by atoms with Gasteiger partial charge in [0.05, 0.1) is 16.6 Å². The van der Waals surface area contributed by atoms with E-state index in [-0.39, 0.29) is 18.7 Å². The second-order valence-electron chi connectivity index (χ2n) is 15.1. The second kappa shape index (κ2) is 14.0. The highest BCUT2D eigenvalue weighted by atomic mass is 16.2. The minimum atomic E-state index is -0.970. The molecule has 5 aromatic rings. The van der Waals surface area contributed by atoms with Crippen LogP contribution in [0.1, 0.15) is 63.3 Å². The molecule has 2 aromatic carbocycles. The molecule has 3 fully saturated rings. The Balaban J connectivity index is 0.743. The molecule has 1 atom stereocenters. The van der Waals surface area contributed by atoms with E-state index in [9.17, 15) is 24.0 Å². The summed E-state index contributed by atoms with van der Waals surface area (Å²) in [5.41, 5.74) is 6.25. The van der Waals surface area contributed by atoms with Gasteiger partial charge in [-0.3, -0.25) is 49.1 Å². The number of aromatic nitrogens is 3. The third-order valence-electron chi connectivity index (χ3n) is 12.0. The van der Waals surface area contributed by atoms with Crippen molar-refractivity contribution in [3.63, 3.8) is 0 Å². The van der Waals surface area contributed by atoms with Gasteiger partial charge in [-0.15, -0.1) is 0 Å². The SMILES string of the molecule is Cn1c2ccncc2c2ccc(-c3ccc(C(=O)N4CCC(CCN5CCN(c6ccc7c(c6)C(=O)N(C6CCC(=O)NC6=O)C7=O)CC5)CC4)nc3)cc21. The number of carbonyl (C=O) groups excluding carboxylic acids is 5. The maximum atomic E-state index is 13.4. The monoisotopic (exact) mass is 738 g/mol. The molecule has 1 N–H and O–H groups in total. The van der Waals surface area contributed by atoms with Gasteiger partial charge in [-0.2, -0.15) is 0 Å². The molecule has 55 heavy (non-hydrogen) atoms. The van der Waals surface area contributed by atoms with E-state index in [4.69, 9.17) is 0 Å². The highest BCUT2D eigenvalue weighted by molar-refractivity contribution is 6.23. The van der Waals surface area contributed by atoms with Crippen LogP contribution < -0.4 is 10.2 Å². The second-order valence-corrected chi connectivity index (χ2v) is 15.1. The van der Waals surface area contributed by atoms with Gasteiger partial charge in [0.15, 0.2) is 0 Å². The summed E-state index contributed by atoms with van der Waals surface area (Å²) in [4.78, 5) is 80.4. The Labute approximate surface area is 317 Å². The van der Waals surface area contributed by atoms with Gasteiger partial charge >= 0.3 is 0 Å². The Hall–Kier alpha value is -5.95. The number of piperazine rings is 1. The average molecular weight is 739 g/mol. The number of piperidine rings is 2. The van der Waals surface area contributed by atoms with Gasteiger partial charge < -0.3 is 14.4 Å². The topological polar surface area (TPSA) is 141 Å². The van der Waals surface area contributed by atoms with E-state index >= 15 is 0 Å². The molecule has 0 radical (unpaired) electrons. The van der Waals surface area contributed by atoms with E-state index in [2.05, 4.69) is 54.9 Å². The van der Waals surface area contributed by atoms with E-state index in [0.717, 1.165) is 109 Å². The van der Waals surface area contributed by atoms with E-state index in [0.29, 0.717) is 22.7 Å². The van der Waals surface area contributed by atoms with Crippen molar-refractivity contribution >= 4 is 57.0 Å². The van der Waals surface area contributed by atoms with E-state index in [1.165, 1.54) is 0 Å². The first-order chi connectivity index (χ1) is 26.7. The van der Waals surface area contributed by atoms with Gasteiger partial charge in [-0.05, 0) is 80.1 Å². The Morgan fingerprint density at radius 2 is 1.56 bits per heavy atom. The smallest absolute Gasteiger partial charge is 0.272 e. The quantitative estimate of drug-likeness (QED) is 0.243. The summed E-state index contributed by atoms with van der Waals surface area (Å²) in [7, 11) is 2.07. The van der Waals surface area contributed by atoms with Crippen LogP contribution in [0.5, 0.6) is 0 Å². The summed E-state index contributed by atoms with van der Waals surface area (Å²) < 4.78 is 2.18. The molecule has 4 aliphatic rings. The predicted molar refractivity (Wildman–Crippen MR) is 206 cm³/mol. The first kappa shape index (κ1) is 34.8. The van der Waals surface area contributed by atoms with Crippen molar-refractivity contribution in [3.05, 3.63) is 90.0 Å². The summed E-state index contributed by atoms with van der Waals surface area (Å²) in [6.07, 6.45) is 8.78. The summed E-state index contributed by atoms with van der Waals surface area (Å²) in [6, 6.07) is 16.6. The maximum absolute atomic E-state index is 13.4. The molecule has 0 saturated carbocycles. The number of rotatable bonds is 7. The molecule has 5 amide bonds. The Kier molecular flexibility index (Phi) is 8.88. The number of aryl methyl sites for hydroxylation is 1. The van der Waals surface area contributed by atoms with Crippen LogP contribution in [-0.2, 0) is 16.6 Å². The summed E-state index contributed by atoms with van der Waals surface area (Å²) >= 11 is 0. The molecule has 0 bridgehead atoms. The molecule has 280 valence electrons. The maximum Gasteiger partial charge on any atom is 0.272 e. The van der Waals surface area contributed by atoms with E-state index in [1.54, 1.807) is 18.3 Å². The molecular formula is C42H42N8O5. The average Bonchev–Trinajstić information content (AvgIpc) is 3.65. The van der Waals surface area contributed by atoms with Crippen LogP contribution in [-0.4, -0.2) is 111 Å². The highest BCUT2D eigenvalue weighted by Gasteiger charge is 2.45. The van der Waals surface area contributed by atoms with Crippen LogP contribution in [0.3, 0.4) is 0 Å². The number of hydrogen-bond donors (Lipinski definition) is 1. The number of hydrogen-bond acceptors (Lipinski definition) is 9. The lowest BCUT2D eigenvalue weighted by Gasteiger charge is -2.37. The Bertz CT molecular complexity index is 2370. The zero-order chi connectivity index (χ0) is 37.8. The van der Waals surface area contributed by atoms with Crippen molar-refractivity contribution in [2.24, 2.45) is 13.0 Å². The number of imide groups is 2. The van der Waals surface area contributed by atoms with Crippen LogP contribution >= 0.6 is 0 Å². The van der Waals surface area contributed by atoms with Crippen molar-refractivity contribution in [2.45, 2.75) is 38.1 Å². The fraction of sp³-hybridized carbons (Fsp3) is 0.357. The van der Waals surface area contributed by atoms with Crippen molar-refractivity contribution in [3.8, 4) is 11.1 Å². The molecular weight excluding hydrogens is 697 g/mol. The van der Waals surface area contributed by atoms with Crippen molar-refractivity contribution < 1.29 is 24.0 Å². The van der Waals surface area contributed by atoms with E-state index in [1.807, 2.05) is 41.6 Å². The number of nitrogens with zero attached hydrogens (tertiary/aromatic N) is 7. The molecule has 9 rings (SSSR count). The number of nitrogens with one attached hydrogen (secondary N) is 1. The number of carbonyl (C=O) groups is 5. The van der Waals surface area contributed by atoms with Gasteiger partial charge in [0.25, 0.3) is 17.7 Å². The molecule has 3 saturated heterocycles. The van der Waals surface area contributed by atoms with E-state index < -0.39 is 29.7 Å². The predicted octanol–water partition coefficient (Wildman–Crippen LogP) is 4.25. The van der Waals surface area contributed by atoms with Crippen LogP contribution in [0.2, 0.25) is 0 Å². The fourth-order valence-corrected chi connectivity index (χ4v) is 8.76. The molecule has 13 nitrogen and oxygen atoms in total. The van der Waals surface area contributed by atoms with Gasteiger partial charge in [-0.1, -0.05) is 18.2 Å². The molecule has 3 aromatic heterocycles. The van der Waals surface area contributed by atoms with Crippen LogP contribution in [0.4, 0.5) is 5.69 Å². The van der Waals surface area contributed by atoms with Gasteiger partial charge in [-0.25, -0.2) is 0 Å². The van der Waals surface area contributed by atoms with Gasteiger partial charge in [0.1, 0.15) is 11.7 Å².